The van der Waals surface area contributed by atoms with E-state index in [1.165, 1.54) is 0 Å². The number of ether oxygens (including phenoxy) is 1. The number of fused-ring (bicyclic) bond motifs is 1. The maximum atomic E-state index is 5.71. The van der Waals surface area contributed by atoms with Gasteiger partial charge in [-0.3, -0.25) is 4.57 Å². The number of hydrogen-bond donors (Lipinski definition) is 0. The molecule has 0 N–H and O–H groups in total. The van der Waals surface area contributed by atoms with Crippen molar-refractivity contribution in [2.45, 2.75) is 13.0 Å². The second-order valence-corrected chi connectivity index (χ2v) is 6.06. The standard InChI is InChI=1S/C21H19N3O2/c1-3-10-25-15(2)16-7-8-21-20(13-16)22-14-24(21)18-6-4-5-17(12-18)19-9-11-26-23-19/h3-9,11-15H,1,10H2,2H3. The van der Waals surface area contributed by atoms with Gasteiger partial charge in [-0.1, -0.05) is 29.4 Å². The fourth-order valence-electron chi connectivity index (χ4n) is 2.97. The lowest BCUT2D eigenvalue weighted by molar-refractivity contribution is 0.0889. The minimum absolute atomic E-state index is 0.00181. The molecule has 2 aromatic carbocycles. The Balaban J connectivity index is 1.70. The molecule has 1 unspecified atom stereocenters. The fourth-order valence-corrected chi connectivity index (χ4v) is 2.97. The van der Waals surface area contributed by atoms with Gasteiger partial charge in [0, 0.05) is 17.3 Å². The van der Waals surface area contributed by atoms with Crippen LogP contribution in [0.25, 0.3) is 28.0 Å². The molecule has 2 aromatic heterocycles. The molecule has 0 spiro atoms. The van der Waals surface area contributed by atoms with Crippen molar-refractivity contribution in [1.29, 1.82) is 0 Å². The first-order chi connectivity index (χ1) is 12.8. The van der Waals surface area contributed by atoms with Gasteiger partial charge < -0.3 is 9.26 Å². The highest BCUT2D eigenvalue weighted by molar-refractivity contribution is 5.78. The molecule has 0 aliphatic carbocycles. The largest absolute Gasteiger partial charge is 0.370 e. The summed E-state index contributed by atoms with van der Waals surface area (Å²) >= 11 is 0. The highest BCUT2D eigenvalue weighted by atomic mass is 16.5. The van der Waals surface area contributed by atoms with E-state index in [4.69, 9.17) is 9.26 Å². The van der Waals surface area contributed by atoms with E-state index in [1.807, 2.05) is 31.5 Å². The summed E-state index contributed by atoms with van der Waals surface area (Å²) in [6, 6.07) is 16.2. The van der Waals surface area contributed by atoms with Gasteiger partial charge in [0.25, 0.3) is 0 Å². The summed E-state index contributed by atoms with van der Waals surface area (Å²) in [4.78, 5) is 4.56. The van der Waals surface area contributed by atoms with Gasteiger partial charge in [0.15, 0.2) is 0 Å². The maximum Gasteiger partial charge on any atom is 0.124 e. The SMILES string of the molecule is C=CCOC(C)c1ccc2c(c1)ncn2-c1cccc(-c2ccon2)c1. The quantitative estimate of drug-likeness (QED) is 0.464. The molecule has 5 heteroatoms. The fraction of sp³-hybridized carbons (Fsp3) is 0.143. The normalized spacial score (nSPS) is 12.3. The molecule has 0 saturated heterocycles. The lowest BCUT2D eigenvalue weighted by Gasteiger charge is -2.12. The number of rotatable bonds is 6. The van der Waals surface area contributed by atoms with Crippen LogP contribution in [0, 0.1) is 0 Å². The highest BCUT2D eigenvalue weighted by Crippen LogP contribution is 2.26. The molecule has 0 saturated carbocycles. The van der Waals surface area contributed by atoms with Gasteiger partial charge >= 0.3 is 0 Å². The first-order valence-corrected chi connectivity index (χ1v) is 8.47. The molecule has 4 rings (SSSR count). The van der Waals surface area contributed by atoms with Crippen LogP contribution >= 0.6 is 0 Å². The third-order valence-electron chi connectivity index (χ3n) is 4.36. The Hall–Kier alpha value is -3.18. The van der Waals surface area contributed by atoms with Crippen LogP contribution < -0.4 is 0 Å². The van der Waals surface area contributed by atoms with Crippen molar-refractivity contribution in [3.63, 3.8) is 0 Å². The molecule has 130 valence electrons. The Morgan fingerprint density at radius 2 is 2.15 bits per heavy atom. The van der Waals surface area contributed by atoms with E-state index in [0.717, 1.165) is 33.5 Å². The molecule has 0 aliphatic rings. The van der Waals surface area contributed by atoms with Crippen LogP contribution in [-0.4, -0.2) is 21.3 Å². The second-order valence-electron chi connectivity index (χ2n) is 6.06. The van der Waals surface area contributed by atoms with Crippen LogP contribution in [0.4, 0.5) is 0 Å². The lowest BCUT2D eigenvalue weighted by Crippen LogP contribution is -2.00. The third kappa shape index (κ3) is 3.05. The number of nitrogens with zero attached hydrogens (tertiary/aromatic N) is 3. The van der Waals surface area contributed by atoms with E-state index < -0.39 is 0 Å². The molecule has 0 bridgehead atoms. The van der Waals surface area contributed by atoms with Gasteiger partial charge in [0.2, 0.25) is 0 Å². The highest BCUT2D eigenvalue weighted by Gasteiger charge is 2.11. The number of imidazole rings is 1. The average Bonchev–Trinajstić information content (AvgIpc) is 3.35. The van der Waals surface area contributed by atoms with Crippen LogP contribution in [0.5, 0.6) is 0 Å². The lowest BCUT2D eigenvalue weighted by atomic mass is 10.1. The summed E-state index contributed by atoms with van der Waals surface area (Å²) in [5.41, 5.74) is 5.91. The summed E-state index contributed by atoms with van der Waals surface area (Å²) in [6.45, 7) is 6.25. The third-order valence-corrected chi connectivity index (χ3v) is 4.36. The monoisotopic (exact) mass is 345 g/mol. The summed E-state index contributed by atoms with van der Waals surface area (Å²) in [5, 5.41) is 4.01. The van der Waals surface area contributed by atoms with Crippen molar-refractivity contribution in [2.24, 2.45) is 0 Å². The molecule has 4 aromatic rings. The molecule has 0 radical (unpaired) electrons. The van der Waals surface area contributed by atoms with Gasteiger partial charge in [-0.2, -0.15) is 0 Å². The molecule has 0 amide bonds. The summed E-state index contributed by atoms with van der Waals surface area (Å²) in [7, 11) is 0. The number of hydrogen-bond acceptors (Lipinski definition) is 4. The Bertz CT molecular complexity index is 1030. The van der Waals surface area contributed by atoms with Crippen LogP contribution in [0.2, 0.25) is 0 Å². The predicted octanol–water partition coefficient (Wildman–Crippen LogP) is 4.94. The van der Waals surface area contributed by atoms with Gasteiger partial charge in [-0.05, 0) is 36.8 Å². The van der Waals surface area contributed by atoms with Crippen molar-refractivity contribution < 1.29 is 9.26 Å². The summed E-state index contributed by atoms with van der Waals surface area (Å²) < 4.78 is 12.7. The second kappa shape index (κ2) is 6.98. The van der Waals surface area contributed by atoms with Gasteiger partial charge in [0.05, 0.1) is 23.7 Å². The zero-order valence-electron chi connectivity index (χ0n) is 14.5. The van der Waals surface area contributed by atoms with Gasteiger partial charge in [-0.25, -0.2) is 4.98 Å². The van der Waals surface area contributed by atoms with Crippen LogP contribution in [0.15, 0.2) is 78.3 Å². The predicted molar refractivity (Wildman–Crippen MR) is 101 cm³/mol. The molecular weight excluding hydrogens is 326 g/mol. The first kappa shape index (κ1) is 16.3. The molecule has 26 heavy (non-hydrogen) atoms. The summed E-state index contributed by atoms with van der Waals surface area (Å²) in [5.74, 6) is 0. The van der Waals surface area contributed by atoms with E-state index >= 15 is 0 Å². The van der Waals surface area contributed by atoms with Crippen LogP contribution in [0.1, 0.15) is 18.6 Å². The van der Waals surface area contributed by atoms with Crippen molar-refractivity contribution in [1.82, 2.24) is 14.7 Å². The Kier molecular flexibility index (Phi) is 4.37. The molecular formula is C21H19N3O2. The average molecular weight is 345 g/mol. The topological polar surface area (TPSA) is 53.1 Å². The zero-order chi connectivity index (χ0) is 17.9. The molecule has 5 nitrogen and oxygen atoms in total. The summed E-state index contributed by atoms with van der Waals surface area (Å²) in [6.07, 6.45) is 5.17. The first-order valence-electron chi connectivity index (χ1n) is 8.47. The molecule has 1 atom stereocenters. The smallest absolute Gasteiger partial charge is 0.124 e. The Morgan fingerprint density at radius 1 is 1.23 bits per heavy atom. The Morgan fingerprint density at radius 3 is 2.96 bits per heavy atom. The van der Waals surface area contributed by atoms with Crippen molar-refractivity contribution in [3.8, 4) is 16.9 Å². The molecule has 0 aliphatic heterocycles. The van der Waals surface area contributed by atoms with E-state index in [0.29, 0.717) is 6.61 Å². The van der Waals surface area contributed by atoms with Crippen LogP contribution in [0.3, 0.4) is 0 Å². The number of benzene rings is 2. The van der Waals surface area contributed by atoms with Crippen molar-refractivity contribution in [2.75, 3.05) is 6.61 Å². The molecule has 2 heterocycles. The van der Waals surface area contributed by atoms with Gasteiger partial charge in [0.1, 0.15) is 18.3 Å². The van der Waals surface area contributed by atoms with E-state index in [1.54, 1.807) is 12.3 Å². The Labute approximate surface area is 151 Å². The van der Waals surface area contributed by atoms with E-state index in [9.17, 15) is 0 Å². The van der Waals surface area contributed by atoms with E-state index in [-0.39, 0.29) is 6.10 Å². The maximum absolute atomic E-state index is 5.71. The van der Waals surface area contributed by atoms with Crippen molar-refractivity contribution in [3.05, 3.63) is 79.3 Å². The minimum Gasteiger partial charge on any atom is -0.370 e. The van der Waals surface area contributed by atoms with Crippen molar-refractivity contribution >= 4 is 11.0 Å². The zero-order valence-corrected chi connectivity index (χ0v) is 14.5. The minimum atomic E-state index is -0.00181. The molecule has 0 fully saturated rings. The van der Waals surface area contributed by atoms with Gasteiger partial charge in [-0.15, -0.1) is 6.58 Å². The van der Waals surface area contributed by atoms with Crippen LogP contribution in [-0.2, 0) is 4.74 Å². The number of aromatic nitrogens is 3. The van der Waals surface area contributed by atoms with E-state index in [2.05, 4.69) is 51.6 Å².